The fourth-order valence-corrected chi connectivity index (χ4v) is 3.23. The molecule has 4 N–H and O–H groups in total. The van der Waals surface area contributed by atoms with E-state index in [4.69, 9.17) is 21.9 Å². The Kier molecular flexibility index (Phi) is 4.23. The minimum Gasteiger partial charge on any atom is -0.398 e. The lowest BCUT2D eigenvalue weighted by molar-refractivity contribution is 0.464. The lowest BCUT2D eigenvalue weighted by Crippen LogP contribution is -2.38. The third-order valence-electron chi connectivity index (χ3n) is 2.05. The molecule has 0 saturated carbocycles. The Morgan fingerprint density at radius 1 is 1.33 bits per heavy atom. The maximum absolute atomic E-state index is 11.8. The molecule has 0 amide bonds. The molecule has 1 aromatic rings. The molecule has 0 bridgehead atoms. The zero-order chi connectivity index (χ0) is 14.1. The zero-order valence-electron chi connectivity index (χ0n) is 9.16. The van der Waals surface area contributed by atoms with Crippen LogP contribution in [0.25, 0.3) is 0 Å². The average Bonchev–Trinajstić information content (AvgIpc) is 2.19. The molecule has 1 unspecified atom stereocenters. The Labute approximate surface area is 110 Å². The summed E-state index contributed by atoms with van der Waals surface area (Å²) >= 11 is 5.66. The highest BCUT2D eigenvalue weighted by Crippen LogP contribution is 2.22. The van der Waals surface area contributed by atoms with Crippen LogP contribution < -0.4 is 10.5 Å². The van der Waals surface area contributed by atoms with Gasteiger partial charge in [0.2, 0.25) is 10.0 Å². The molecule has 0 aliphatic rings. The summed E-state index contributed by atoms with van der Waals surface area (Å²) in [6, 6.07) is 3.52. The van der Waals surface area contributed by atoms with Gasteiger partial charge in [-0.3, -0.25) is 4.55 Å². The molecule has 10 heteroatoms. The van der Waals surface area contributed by atoms with Crippen molar-refractivity contribution in [2.24, 2.45) is 0 Å². The Morgan fingerprint density at radius 2 is 1.89 bits per heavy atom. The van der Waals surface area contributed by atoms with Crippen molar-refractivity contribution in [1.29, 1.82) is 0 Å². The van der Waals surface area contributed by atoms with Crippen LogP contribution in [-0.4, -0.2) is 26.8 Å². The van der Waals surface area contributed by atoms with E-state index in [2.05, 4.69) is 0 Å². The van der Waals surface area contributed by atoms with Crippen LogP contribution in [0.5, 0.6) is 0 Å². The van der Waals surface area contributed by atoms with Gasteiger partial charge in [-0.25, -0.2) is 8.42 Å². The summed E-state index contributed by atoms with van der Waals surface area (Å²) in [4.78, 5) is -0.253. The maximum Gasteiger partial charge on any atom is 0.281 e. The SMILES string of the molecule is CC(NS(=O)(=O)c1ccc(N)c(Cl)c1)S(=O)(=O)O. The highest BCUT2D eigenvalue weighted by molar-refractivity contribution is 7.91. The van der Waals surface area contributed by atoms with Crippen molar-refractivity contribution in [2.45, 2.75) is 17.2 Å². The van der Waals surface area contributed by atoms with E-state index < -0.39 is 25.5 Å². The number of nitrogen functional groups attached to an aromatic ring is 1. The van der Waals surface area contributed by atoms with Gasteiger partial charge < -0.3 is 5.73 Å². The summed E-state index contributed by atoms with van der Waals surface area (Å²) in [5, 5.41) is -1.64. The molecular weight excluding hydrogens is 304 g/mol. The van der Waals surface area contributed by atoms with Crippen molar-refractivity contribution in [3.05, 3.63) is 23.2 Å². The second kappa shape index (κ2) is 5.02. The zero-order valence-corrected chi connectivity index (χ0v) is 11.6. The van der Waals surface area contributed by atoms with Crippen LogP contribution in [0.3, 0.4) is 0 Å². The molecule has 0 saturated heterocycles. The molecule has 0 spiro atoms. The van der Waals surface area contributed by atoms with Crippen LogP contribution in [0, 0.1) is 0 Å². The Hall–Kier alpha value is -0.870. The van der Waals surface area contributed by atoms with Gasteiger partial charge >= 0.3 is 0 Å². The van der Waals surface area contributed by atoms with Crippen molar-refractivity contribution in [1.82, 2.24) is 4.72 Å². The second-order valence-corrected chi connectivity index (χ2v) is 7.32. The molecular formula is C8H11ClN2O5S2. The third kappa shape index (κ3) is 3.56. The van der Waals surface area contributed by atoms with E-state index in [1.165, 1.54) is 12.1 Å². The number of benzene rings is 1. The molecule has 18 heavy (non-hydrogen) atoms. The number of nitrogens with one attached hydrogen (secondary N) is 1. The van der Waals surface area contributed by atoms with Gasteiger partial charge in [0.05, 0.1) is 15.6 Å². The minimum absolute atomic E-state index is 0.0254. The number of sulfonamides is 1. The quantitative estimate of drug-likeness (QED) is 0.546. The number of anilines is 1. The third-order valence-corrected chi connectivity index (χ3v) is 5.08. The van der Waals surface area contributed by atoms with Crippen LogP contribution in [0.1, 0.15) is 6.92 Å². The Morgan fingerprint density at radius 3 is 2.33 bits per heavy atom. The van der Waals surface area contributed by atoms with Gasteiger partial charge in [0.1, 0.15) is 5.37 Å². The molecule has 7 nitrogen and oxygen atoms in total. The monoisotopic (exact) mass is 314 g/mol. The molecule has 1 rings (SSSR count). The largest absolute Gasteiger partial charge is 0.398 e. The van der Waals surface area contributed by atoms with Gasteiger partial charge in [-0.15, -0.1) is 0 Å². The number of rotatable bonds is 4. The molecule has 102 valence electrons. The first-order chi connectivity index (χ1) is 8.04. The number of hydrogen-bond donors (Lipinski definition) is 3. The molecule has 0 aliphatic heterocycles. The smallest absolute Gasteiger partial charge is 0.281 e. The van der Waals surface area contributed by atoms with Crippen molar-refractivity contribution in [3.63, 3.8) is 0 Å². The molecule has 0 heterocycles. The first-order valence-electron chi connectivity index (χ1n) is 4.57. The van der Waals surface area contributed by atoms with Crippen molar-refractivity contribution in [3.8, 4) is 0 Å². The number of nitrogens with two attached hydrogens (primary N) is 1. The van der Waals surface area contributed by atoms with E-state index in [-0.39, 0.29) is 15.6 Å². The van der Waals surface area contributed by atoms with Crippen LogP contribution >= 0.6 is 11.6 Å². The van der Waals surface area contributed by atoms with Gasteiger partial charge in [0.25, 0.3) is 10.1 Å². The fourth-order valence-electron chi connectivity index (χ4n) is 1.02. The van der Waals surface area contributed by atoms with Crippen LogP contribution in [0.2, 0.25) is 5.02 Å². The van der Waals surface area contributed by atoms with Crippen LogP contribution in [-0.2, 0) is 20.1 Å². The molecule has 0 fully saturated rings. The lowest BCUT2D eigenvalue weighted by atomic mass is 10.3. The maximum atomic E-state index is 11.8. The standard InChI is InChI=1S/C8H11ClN2O5S2/c1-5(18(14,15)16)11-17(12,13)6-2-3-8(10)7(9)4-6/h2-5,11H,10H2,1H3,(H,14,15,16). The van der Waals surface area contributed by atoms with E-state index in [1.807, 2.05) is 0 Å². The van der Waals surface area contributed by atoms with Crippen molar-refractivity contribution >= 4 is 37.4 Å². The molecule has 1 atom stereocenters. The van der Waals surface area contributed by atoms with Gasteiger partial charge in [-0.1, -0.05) is 11.6 Å². The summed E-state index contributed by atoms with van der Waals surface area (Å²) < 4.78 is 55.5. The normalized spacial score (nSPS) is 14.4. The molecule has 0 aliphatic carbocycles. The summed E-state index contributed by atoms with van der Waals surface area (Å²) in [5.41, 5.74) is 5.61. The summed E-state index contributed by atoms with van der Waals surface area (Å²) in [7, 11) is -8.62. The van der Waals surface area contributed by atoms with Gasteiger partial charge in [-0.2, -0.15) is 13.1 Å². The van der Waals surface area contributed by atoms with Crippen molar-refractivity contribution < 1.29 is 21.4 Å². The van der Waals surface area contributed by atoms with E-state index >= 15 is 0 Å². The molecule has 0 radical (unpaired) electrons. The summed E-state index contributed by atoms with van der Waals surface area (Å²) in [5.74, 6) is 0. The molecule has 0 aromatic heterocycles. The Bertz CT molecular complexity index is 656. The fraction of sp³-hybridized carbons (Fsp3) is 0.250. The van der Waals surface area contributed by atoms with Gasteiger partial charge in [0, 0.05) is 0 Å². The summed E-state index contributed by atoms with van der Waals surface area (Å²) in [6.07, 6.45) is 0. The summed E-state index contributed by atoms with van der Waals surface area (Å²) in [6.45, 7) is 0.992. The average molecular weight is 315 g/mol. The Balaban J connectivity index is 3.11. The molecule has 1 aromatic carbocycles. The van der Waals surface area contributed by atoms with E-state index in [0.717, 1.165) is 13.0 Å². The van der Waals surface area contributed by atoms with Gasteiger partial charge in [0.15, 0.2) is 0 Å². The van der Waals surface area contributed by atoms with E-state index in [9.17, 15) is 16.8 Å². The highest BCUT2D eigenvalue weighted by Gasteiger charge is 2.25. The lowest BCUT2D eigenvalue weighted by Gasteiger charge is -2.12. The highest BCUT2D eigenvalue weighted by atomic mass is 35.5. The first kappa shape index (κ1) is 15.2. The first-order valence-corrected chi connectivity index (χ1v) is 7.94. The second-order valence-electron chi connectivity index (χ2n) is 3.46. The van der Waals surface area contributed by atoms with E-state index in [1.54, 1.807) is 4.72 Å². The van der Waals surface area contributed by atoms with Crippen molar-refractivity contribution in [2.75, 3.05) is 5.73 Å². The topological polar surface area (TPSA) is 127 Å². The van der Waals surface area contributed by atoms with Gasteiger partial charge in [-0.05, 0) is 25.1 Å². The predicted molar refractivity (Wildman–Crippen MR) is 67.2 cm³/mol. The van der Waals surface area contributed by atoms with Crippen LogP contribution in [0.15, 0.2) is 23.1 Å². The predicted octanol–water partition coefficient (Wildman–Crippen LogP) is 0.434. The number of halogens is 1. The van der Waals surface area contributed by atoms with E-state index in [0.29, 0.717) is 0 Å². The minimum atomic E-state index is -4.51. The number of hydrogen-bond acceptors (Lipinski definition) is 5. The van der Waals surface area contributed by atoms with Crippen LogP contribution in [0.4, 0.5) is 5.69 Å².